The van der Waals surface area contributed by atoms with E-state index in [1.54, 1.807) is 12.1 Å². The van der Waals surface area contributed by atoms with Gasteiger partial charge >= 0.3 is 0 Å². The van der Waals surface area contributed by atoms with E-state index in [1.165, 1.54) is 6.07 Å². The summed E-state index contributed by atoms with van der Waals surface area (Å²) in [5.74, 6) is 1.02. The molecule has 0 saturated carbocycles. The van der Waals surface area contributed by atoms with Crippen LogP contribution in [0.15, 0.2) is 22.7 Å². The molecular weight excluding hydrogens is 293 g/mol. The molecule has 1 aliphatic heterocycles. The van der Waals surface area contributed by atoms with Crippen LogP contribution in [0, 0.1) is 5.82 Å². The van der Waals surface area contributed by atoms with E-state index in [9.17, 15) is 8.60 Å². The first-order valence-corrected chi connectivity index (χ1v) is 7.40. The third-order valence-corrected chi connectivity index (χ3v) is 4.80. The molecule has 2 rings (SSSR count). The van der Waals surface area contributed by atoms with Crippen molar-refractivity contribution in [1.82, 2.24) is 5.32 Å². The zero-order valence-electron chi connectivity index (χ0n) is 8.87. The Hall–Kier alpha value is -0.260. The van der Waals surface area contributed by atoms with Crippen molar-refractivity contribution in [3.05, 3.63) is 34.1 Å². The van der Waals surface area contributed by atoms with Crippen molar-refractivity contribution in [1.29, 1.82) is 0 Å². The third kappa shape index (κ3) is 2.70. The molecule has 0 radical (unpaired) electrons. The predicted octanol–water partition coefficient (Wildman–Crippen LogP) is 2.37. The van der Waals surface area contributed by atoms with Crippen LogP contribution in [0.4, 0.5) is 4.39 Å². The van der Waals surface area contributed by atoms with Gasteiger partial charge in [0, 0.05) is 34.4 Å². The van der Waals surface area contributed by atoms with Crippen LogP contribution in [0.1, 0.15) is 18.5 Å². The summed E-state index contributed by atoms with van der Waals surface area (Å²) in [7, 11) is -0.784. The molecule has 1 N–H and O–H groups in total. The minimum absolute atomic E-state index is 0.0569. The maximum atomic E-state index is 13.1. The Balaban J connectivity index is 2.23. The van der Waals surface area contributed by atoms with Crippen LogP contribution in [0.5, 0.6) is 0 Å². The van der Waals surface area contributed by atoms with Gasteiger partial charge in [0.25, 0.3) is 0 Å². The molecule has 1 aromatic carbocycles. The Labute approximate surface area is 105 Å². The van der Waals surface area contributed by atoms with Crippen LogP contribution in [-0.2, 0) is 10.8 Å². The molecule has 16 heavy (non-hydrogen) atoms. The average molecular weight is 306 g/mol. The van der Waals surface area contributed by atoms with Crippen LogP contribution in [0.3, 0.4) is 0 Å². The van der Waals surface area contributed by atoms with Gasteiger partial charge in [0.1, 0.15) is 5.82 Å². The van der Waals surface area contributed by atoms with Crippen LogP contribution >= 0.6 is 15.9 Å². The van der Waals surface area contributed by atoms with E-state index in [0.717, 1.165) is 5.56 Å². The normalized spacial score (nSPS) is 30.3. The van der Waals surface area contributed by atoms with Crippen molar-refractivity contribution in [2.24, 2.45) is 0 Å². The van der Waals surface area contributed by atoms with E-state index < -0.39 is 10.8 Å². The van der Waals surface area contributed by atoms with E-state index in [1.807, 2.05) is 6.92 Å². The third-order valence-electron chi connectivity index (χ3n) is 2.62. The van der Waals surface area contributed by atoms with Crippen LogP contribution in [0.2, 0.25) is 0 Å². The second-order valence-electron chi connectivity index (χ2n) is 4.07. The fourth-order valence-electron chi connectivity index (χ4n) is 1.89. The summed E-state index contributed by atoms with van der Waals surface area (Å²) in [5.41, 5.74) is 0.980. The summed E-state index contributed by atoms with van der Waals surface area (Å²) in [5, 5.41) is 3.37. The average Bonchev–Trinajstić information content (AvgIpc) is 2.20. The molecule has 1 heterocycles. The van der Waals surface area contributed by atoms with Gasteiger partial charge in [-0.05, 0) is 40.5 Å². The van der Waals surface area contributed by atoms with Gasteiger partial charge in [0.05, 0.1) is 4.47 Å². The lowest BCUT2D eigenvalue weighted by Gasteiger charge is -2.28. The fraction of sp³-hybridized carbons (Fsp3) is 0.455. The molecule has 0 aromatic heterocycles. The maximum absolute atomic E-state index is 13.1. The van der Waals surface area contributed by atoms with Crippen molar-refractivity contribution in [3.8, 4) is 0 Å². The first-order valence-electron chi connectivity index (χ1n) is 5.12. The molecular formula is C11H13BrFNOS. The summed E-state index contributed by atoms with van der Waals surface area (Å²) >= 11 is 3.16. The molecule has 1 fully saturated rings. The molecule has 88 valence electrons. The minimum atomic E-state index is -0.784. The van der Waals surface area contributed by atoms with E-state index in [0.29, 0.717) is 16.0 Å². The van der Waals surface area contributed by atoms with E-state index in [2.05, 4.69) is 21.2 Å². The highest BCUT2D eigenvalue weighted by molar-refractivity contribution is 9.10. The largest absolute Gasteiger partial charge is 0.306 e. The molecule has 3 unspecified atom stereocenters. The summed E-state index contributed by atoms with van der Waals surface area (Å²) < 4.78 is 25.1. The monoisotopic (exact) mass is 305 g/mol. The van der Waals surface area contributed by atoms with Gasteiger partial charge in [0.2, 0.25) is 0 Å². The van der Waals surface area contributed by atoms with Gasteiger partial charge in [-0.3, -0.25) is 4.21 Å². The van der Waals surface area contributed by atoms with Crippen LogP contribution in [-0.4, -0.2) is 21.8 Å². The van der Waals surface area contributed by atoms with E-state index >= 15 is 0 Å². The Morgan fingerprint density at radius 2 is 2.25 bits per heavy atom. The maximum Gasteiger partial charge on any atom is 0.137 e. The highest BCUT2D eigenvalue weighted by Gasteiger charge is 2.24. The lowest BCUT2D eigenvalue weighted by Crippen LogP contribution is -2.43. The molecule has 0 aliphatic carbocycles. The molecule has 2 nitrogen and oxygen atoms in total. The van der Waals surface area contributed by atoms with Crippen molar-refractivity contribution in [3.63, 3.8) is 0 Å². The Morgan fingerprint density at radius 1 is 1.50 bits per heavy atom. The minimum Gasteiger partial charge on any atom is -0.306 e. The van der Waals surface area contributed by atoms with Crippen molar-refractivity contribution < 1.29 is 8.60 Å². The first kappa shape index (κ1) is 12.2. The zero-order valence-corrected chi connectivity index (χ0v) is 11.3. The van der Waals surface area contributed by atoms with Crippen molar-refractivity contribution in [2.45, 2.75) is 19.0 Å². The van der Waals surface area contributed by atoms with Gasteiger partial charge in [0.15, 0.2) is 0 Å². The van der Waals surface area contributed by atoms with Gasteiger partial charge in [-0.1, -0.05) is 6.07 Å². The quantitative estimate of drug-likeness (QED) is 0.863. The van der Waals surface area contributed by atoms with E-state index in [-0.39, 0.29) is 17.9 Å². The lowest BCUT2D eigenvalue weighted by molar-refractivity contribution is 0.488. The standard InChI is InChI=1S/C11H13BrFNOS/c1-7-5-16(15)6-11(14-7)8-2-3-10(13)9(12)4-8/h2-4,7,11,14H,5-6H2,1H3. The second kappa shape index (κ2) is 4.94. The first-order chi connectivity index (χ1) is 7.56. The summed E-state index contributed by atoms with van der Waals surface area (Å²) in [6.07, 6.45) is 0. The molecule has 5 heteroatoms. The molecule has 1 aliphatic rings. The van der Waals surface area contributed by atoms with Gasteiger partial charge < -0.3 is 5.32 Å². The molecule has 1 aromatic rings. The smallest absolute Gasteiger partial charge is 0.137 e. The molecule has 0 spiro atoms. The molecule has 0 amide bonds. The Morgan fingerprint density at radius 3 is 2.88 bits per heavy atom. The number of rotatable bonds is 1. The number of nitrogens with one attached hydrogen (secondary N) is 1. The topological polar surface area (TPSA) is 29.1 Å². The van der Waals surface area contributed by atoms with Crippen LogP contribution in [0.25, 0.3) is 0 Å². The predicted molar refractivity (Wildman–Crippen MR) is 67.3 cm³/mol. The molecule has 3 atom stereocenters. The second-order valence-corrected chi connectivity index (χ2v) is 6.47. The number of hydrogen-bond acceptors (Lipinski definition) is 2. The summed E-state index contributed by atoms with van der Waals surface area (Å²) in [6, 6.07) is 5.23. The van der Waals surface area contributed by atoms with Gasteiger partial charge in [-0.2, -0.15) is 0 Å². The number of hydrogen-bond donors (Lipinski definition) is 1. The van der Waals surface area contributed by atoms with Gasteiger partial charge in [-0.15, -0.1) is 0 Å². The van der Waals surface area contributed by atoms with Crippen molar-refractivity contribution >= 4 is 26.7 Å². The summed E-state index contributed by atoms with van der Waals surface area (Å²) in [6.45, 7) is 2.02. The number of halogens is 2. The lowest BCUT2D eigenvalue weighted by atomic mass is 10.1. The zero-order chi connectivity index (χ0) is 11.7. The number of benzene rings is 1. The summed E-state index contributed by atoms with van der Waals surface area (Å²) in [4.78, 5) is 0. The fourth-order valence-corrected chi connectivity index (χ4v) is 3.74. The Bertz CT molecular complexity index is 426. The molecule has 1 saturated heterocycles. The SMILES string of the molecule is CC1CS(=O)CC(c2ccc(F)c(Br)c2)N1. The van der Waals surface area contributed by atoms with E-state index in [4.69, 9.17) is 0 Å². The Kier molecular flexibility index (Phi) is 3.77. The highest BCUT2D eigenvalue weighted by Crippen LogP contribution is 2.24. The highest BCUT2D eigenvalue weighted by atomic mass is 79.9. The molecule has 0 bridgehead atoms. The van der Waals surface area contributed by atoms with Crippen LogP contribution < -0.4 is 5.32 Å². The van der Waals surface area contributed by atoms with Crippen molar-refractivity contribution in [2.75, 3.05) is 11.5 Å². The van der Waals surface area contributed by atoms with Gasteiger partial charge in [-0.25, -0.2) is 4.39 Å².